The first-order chi connectivity index (χ1) is 14.5. The number of nitrogens with one attached hydrogen (secondary N) is 1. The molecular formula is C25H27BrN2O2. The molecule has 1 aromatic heterocycles. The second-order valence-electron chi connectivity index (χ2n) is 8.65. The first-order valence-corrected chi connectivity index (χ1v) is 11.4. The second kappa shape index (κ2) is 7.78. The van der Waals surface area contributed by atoms with Crippen LogP contribution in [0.15, 0.2) is 59.3 Å². The molecule has 0 bridgehead atoms. The highest BCUT2D eigenvalue weighted by molar-refractivity contribution is 9.10. The molecule has 0 radical (unpaired) electrons. The Kier molecular flexibility index (Phi) is 5.11. The Bertz CT molecular complexity index is 1110. The average molecular weight is 467 g/mol. The number of aliphatic hydroxyl groups is 1. The largest absolute Gasteiger partial charge is 0.511 e. The van der Waals surface area contributed by atoms with Crippen LogP contribution in [0.4, 0.5) is 0 Å². The lowest BCUT2D eigenvalue weighted by Gasteiger charge is -2.44. The minimum Gasteiger partial charge on any atom is -0.511 e. The van der Waals surface area contributed by atoms with E-state index in [2.05, 4.69) is 56.7 Å². The number of likely N-dealkylation sites (tertiary alicyclic amines) is 1. The van der Waals surface area contributed by atoms with Crippen LogP contribution in [-0.4, -0.2) is 35.2 Å². The third kappa shape index (κ3) is 3.44. The molecule has 3 aromatic rings. The molecule has 1 saturated heterocycles. The highest BCUT2D eigenvalue weighted by Gasteiger charge is 2.38. The second-order valence-corrected chi connectivity index (χ2v) is 9.57. The zero-order valence-corrected chi connectivity index (χ0v) is 18.8. The van der Waals surface area contributed by atoms with Gasteiger partial charge >= 0.3 is 0 Å². The van der Waals surface area contributed by atoms with Gasteiger partial charge in [0.05, 0.1) is 13.2 Å². The number of aromatic amines is 1. The number of rotatable bonds is 4. The smallest absolute Gasteiger partial charge is 0.119 e. The number of halogens is 1. The van der Waals surface area contributed by atoms with Crippen LogP contribution in [0.1, 0.15) is 29.3 Å². The van der Waals surface area contributed by atoms with Gasteiger partial charge in [0.25, 0.3) is 0 Å². The van der Waals surface area contributed by atoms with Crippen LogP contribution < -0.4 is 4.74 Å². The number of hydrogen-bond donors (Lipinski definition) is 2. The van der Waals surface area contributed by atoms with Gasteiger partial charge in [-0.3, -0.25) is 4.90 Å². The van der Waals surface area contributed by atoms with E-state index >= 15 is 0 Å². The highest BCUT2D eigenvalue weighted by atomic mass is 79.9. The molecule has 2 N–H and O–H groups in total. The van der Waals surface area contributed by atoms with Crippen LogP contribution in [0.5, 0.6) is 5.75 Å². The van der Waals surface area contributed by atoms with Crippen molar-refractivity contribution in [2.45, 2.75) is 25.3 Å². The number of benzene rings is 2. The fourth-order valence-electron chi connectivity index (χ4n) is 5.48. The summed E-state index contributed by atoms with van der Waals surface area (Å²) < 4.78 is 6.51. The summed E-state index contributed by atoms with van der Waals surface area (Å²) in [6.07, 6.45) is 3.34. The SMILES string of the molecule is C=C(O)C(c1cccc(OC)c1)N1CCC2Cc3[nH]c4cc(Br)ccc4c3CC2C1. The first kappa shape index (κ1) is 19.7. The maximum atomic E-state index is 10.5. The van der Waals surface area contributed by atoms with E-state index in [4.69, 9.17) is 4.74 Å². The van der Waals surface area contributed by atoms with Gasteiger partial charge in [0, 0.05) is 27.6 Å². The van der Waals surface area contributed by atoms with Gasteiger partial charge in [0.15, 0.2) is 0 Å². The lowest BCUT2D eigenvalue weighted by atomic mass is 9.73. The molecule has 3 atom stereocenters. The summed E-state index contributed by atoms with van der Waals surface area (Å²) in [5.74, 6) is 2.28. The van der Waals surface area contributed by atoms with Gasteiger partial charge in [0.2, 0.25) is 0 Å². The number of aliphatic hydroxyl groups excluding tert-OH is 1. The minimum absolute atomic E-state index is 0.193. The number of nitrogens with zero attached hydrogens (tertiary/aromatic N) is 1. The van der Waals surface area contributed by atoms with Crippen molar-refractivity contribution < 1.29 is 9.84 Å². The standard InChI is InChI=1S/C25H27BrN2O2/c1-15(29)25(17-4-3-5-20(10-17)30-2)28-9-8-16-12-23-22(11-18(16)14-28)21-7-6-19(26)13-24(21)27-23/h3-7,10,13,16,18,25,27,29H,1,8-9,11-12,14H2,2H3. The van der Waals surface area contributed by atoms with E-state index in [1.807, 2.05) is 18.2 Å². The van der Waals surface area contributed by atoms with Crippen LogP contribution in [0.2, 0.25) is 0 Å². The quantitative estimate of drug-likeness (QED) is 0.478. The molecule has 4 nitrogen and oxygen atoms in total. The lowest BCUT2D eigenvalue weighted by Crippen LogP contribution is -2.45. The Labute approximate surface area is 185 Å². The monoisotopic (exact) mass is 466 g/mol. The van der Waals surface area contributed by atoms with Crippen molar-refractivity contribution >= 4 is 26.8 Å². The summed E-state index contributed by atoms with van der Waals surface area (Å²) >= 11 is 3.59. The van der Waals surface area contributed by atoms with Gasteiger partial charge in [-0.2, -0.15) is 0 Å². The van der Waals surface area contributed by atoms with Crippen molar-refractivity contribution in [1.29, 1.82) is 0 Å². The van der Waals surface area contributed by atoms with Gasteiger partial charge in [-0.25, -0.2) is 0 Å². The van der Waals surface area contributed by atoms with Crippen molar-refractivity contribution in [3.8, 4) is 5.75 Å². The molecule has 156 valence electrons. The van der Waals surface area contributed by atoms with Crippen LogP contribution in [-0.2, 0) is 12.8 Å². The van der Waals surface area contributed by atoms with E-state index in [0.717, 1.165) is 48.1 Å². The number of hydrogen-bond acceptors (Lipinski definition) is 3. The molecule has 5 heteroatoms. The van der Waals surface area contributed by atoms with Crippen molar-refractivity contribution in [2.75, 3.05) is 20.2 Å². The molecule has 1 aliphatic heterocycles. The number of H-pyrrole nitrogens is 1. The molecule has 3 unspecified atom stereocenters. The molecule has 30 heavy (non-hydrogen) atoms. The number of piperidine rings is 1. The van der Waals surface area contributed by atoms with Crippen LogP contribution >= 0.6 is 15.9 Å². The Balaban J connectivity index is 1.42. The third-order valence-electron chi connectivity index (χ3n) is 6.90. The van der Waals surface area contributed by atoms with Gasteiger partial charge in [-0.1, -0.05) is 40.7 Å². The minimum atomic E-state index is -0.193. The number of methoxy groups -OCH3 is 1. The van der Waals surface area contributed by atoms with Crippen LogP contribution in [0.25, 0.3) is 10.9 Å². The topological polar surface area (TPSA) is 48.5 Å². The zero-order chi connectivity index (χ0) is 20.8. The molecule has 2 aliphatic rings. The molecule has 0 saturated carbocycles. The van der Waals surface area contributed by atoms with Crippen molar-refractivity contribution in [3.63, 3.8) is 0 Å². The third-order valence-corrected chi connectivity index (χ3v) is 7.40. The molecule has 1 fully saturated rings. The van der Waals surface area contributed by atoms with Crippen molar-refractivity contribution in [2.24, 2.45) is 11.8 Å². The highest BCUT2D eigenvalue weighted by Crippen LogP contribution is 2.42. The van der Waals surface area contributed by atoms with E-state index in [-0.39, 0.29) is 11.8 Å². The molecule has 1 aliphatic carbocycles. The van der Waals surface area contributed by atoms with E-state index in [1.54, 1.807) is 7.11 Å². The molecule has 2 heterocycles. The maximum absolute atomic E-state index is 10.5. The summed E-state index contributed by atoms with van der Waals surface area (Å²) in [5.41, 5.74) is 5.15. The van der Waals surface area contributed by atoms with E-state index < -0.39 is 0 Å². The Morgan fingerprint density at radius 1 is 1.23 bits per heavy atom. The average Bonchev–Trinajstić information content (AvgIpc) is 3.08. The zero-order valence-electron chi connectivity index (χ0n) is 17.2. The van der Waals surface area contributed by atoms with Gasteiger partial charge in [0.1, 0.15) is 11.5 Å². The van der Waals surface area contributed by atoms with Crippen molar-refractivity contribution in [3.05, 3.63) is 76.1 Å². The summed E-state index contributed by atoms with van der Waals surface area (Å²) in [5, 5.41) is 11.8. The van der Waals surface area contributed by atoms with Gasteiger partial charge in [-0.15, -0.1) is 0 Å². The summed E-state index contributed by atoms with van der Waals surface area (Å²) in [4.78, 5) is 6.07. The summed E-state index contributed by atoms with van der Waals surface area (Å²) in [6.45, 7) is 5.84. The summed E-state index contributed by atoms with van der Waals surface area (Å²) in [7, 11) is 1.67. The van der Waals surface area contributed by atoms with Gasteiger partial charge in [-0.05, 0) is 73.0 Å². The first-order valence-electron chi connectivity index (χ1n) is 10.6. The van der Waals surface area contributed by atoms with E-state index in [1.165, 1.54) is 22.2 Å². The Morgan fingerprint density at radius 2 is 2.10 bits per heavy atom. The van der Waals surface area contributed by atoms with E-state index in [9.17, 15) is 5.11 Å². The lowest BCUT2D eigenvalue weighted by molar-refractivity contribution is 0.0716. The predicted molar refractivity (Wildman–Crippen MR) is 124 cm³/mol. The maximum Gasteiger partial charge on any atom is 0.119 e. The Morgan fingerprint density at radius 3 is 2.90 bits per heavy atom. The van der Waals surface area contributed by atoms with Crippen LogP contribution in [0.3, 0.4) is 0 Å². The van der Waals surface area contributed by atoms with E-state index in [0.29, 0.717) is 11.8 Å². The molecule has 0 spiro atoms. The molecule has 2 aromatic carbocycles. The Hall–Kier alpha value is -2.24. The predicted octanol–water partition coefficient (Wildman–Crippen LogP) is 5.79. The normalized spacial score (nSPS) is 22.3. The molecular weight excluding hydrogens is 440 g/mol. The fourth-order valence-corrected chi connectivity index (χ4v) is 5.85. The molecule has 0 amide bonds. The fraction of sp³-hybridized carbons (Fsp3) is 0.360. The summed E-state index contributed by atoms with van der Waals surface area (Å²) in [6, 6.07) is 14.3. The number of fused-ring (bicyclic) bond motifs is 4. The van der Waals surface area contributed by atoms with Gasteiger partial charge < -0.3 is 14.8 Å². The number of ether oxygens (including phenoxy) is 1. The molecule has 5 rings (SSSR count). The van der Waals surface area contributed by atoms with Crippen molar-refractivity contribution in [1.82, 2.24) is 9.88 Å². The van der Waals surface area contributed by atoms with Crippen LogP contribution in [0, 0.1) is 11.8 Å². The number of aromatic nitrogens is 1.